The Hall–Kier alpha value is -1.06. The molecule has 1 aromatic carbocycles. The number of rotatable bonds is 7. The van der Waals surface area contributed by atoms with Crippen molar-refractivity contribution >= 4 is 0 Å². The van der Waals surface area contributed by atoms with Crippen molar-refractivity contribution in [2.24, 2.45) is 0 Å². The number of nitrogens with one attached hydrogen (secondary N) is 1. The highest BCUT2D eigenvalue weighted by Gasteiger charge is 2.29. The summed E-state index contributed by atoms with van der Waals surface area (Å²) < 4.78 is 11.1. The fourth-order valence-corrected chi connectivity index (χ4v) is 3.48. The maximum atomic E-state index is 5.88. The van der Waals surface area contributed by atoms with Gasteiger partial charge in [0.25, 0.3) is 0 Å². The quantitative estimate of drug-likeness (QED) is 0.779. The smallest absolute Gasteiger partial charge is 0.118 e. The summed E-state index contributed by atoms with van der Waals surface area (Å²) in [6.07, 6.45) is 8.27. The van der Waals surface area contributed by atoms with E-state index in [9.17, 15) is 0 Å². The fraction of sp³-hybridized carbons (Fsp3) is 0.667. The van der Waals surface area contributed by atoms with Crippen molar-refractivity contribution in [1.82, 2.24) is 5.32 Å². The summed E-state index contributed by atoms with van der Waals surface area (Å²) in [5.74, 6) is 1.65. The maximum absolute atomic E-state index is 5.88. The molecule has 2 aliphatic rings. The van der Waals surface area contributed by atoms with E-state index in [1.165, 1.54) is 44.1 Å². The first-order valence-corrected chi connectivity index (χ1v) is 8.34. The number of hydrogen-bond donors (Lipinski definition) is 1. The van der Waals surface area contributed by atoms with Gasteiger partial charge in [-0.1, -0.05) is 25.0 Å². The van der Waals surface area contributed by atoms with Crippen LogP contribution in [0.15, 0.2) is 24.3 Å². The van der Waals surface area contributed by atoms with Gasteiger partial charge in [0.2, 0.25) is 0 Å². The van der Waals surface area contributed by atoms with Crippen LogP contribution < -0.4 is 10.1 Å². The van der Waals surface area contributed by atoms with E-state index in [-0.39, 0.29) is 0 Å². The number of ether oxygens (including phenoxy) is 2. The molecule has 0 heterocycles. The van der Waals surface area contributed by atoms with Crippen LogP contribution in [-0.4, -0.2) is 32.4 Å². The molecule has 2 fully saturated rings. The third-order valence-corrected chi connectivity index (χ3v) is 4.92. The average Bonchev–Trinajstić information content (AvgIpc) is 2.99. The SMILES string of the molecule is COc1ccc(C2CC(NCCOC3CCCC3)C2)cc1. The van der Waals surface area contributed by atoms with Crippen LogP contribution in [0.3, 0.4) is 0 Å². The monoisotopic (exact) mass is 289 g/mol. The Bertz CT molecular complexity index is 419. The van der Waals surface area contributed by atoms with Crippen LogP contribution >= 0.6 is 0 Å². The van der Waals surface area contributed by atoms with E-state index in [0.29, 0.717) is 18.1 Å². The number of benzene rings is 1. The van der Waals surface area contributed by atoms with Gasteiger partial charge in [-0.15, -0.1) is 0 Å². The Morgan fingerprint density at radius 3 is 2.48 bits per heavy atom. The molecule has 1 N–H and O–H groups in total. The van der Waals surface area contributed by atoms with Crippen LogP contribution in [0.5, 0.6) is 5.75 Å². The summed E-state index contributed by atoms with van der Waals surface area (Å²) in [4.78, 5) is 0. The molecule has 0 radical (unpaired) electrons. The van der Waals surface area contributed by atoms with Gasteiger partial charge in [0.15, 0.2) is 0 Å². The maximum Gasteiger partial charge on any atom is 0.118 e. The highest BCUT2D eigenvalue weighted by atomic mass is 16.5. The van der Waals surface area contributed by atoms with Crippen LogP contribution in [0.1, 0.15) is 50.0 Å². The van der Waals surface area contributed by atoms with Crippen molar-refractivity contribution in [2.45, 2.75) is 56.6 Å². The van der Waals surface area contributed by atoms with E-state index in [2.05, 4.69) is 29.6 Å². The van der Waals surface area contributed by atoms with Crippen molar-refractivity contribution in [3.8, 4) is 5.75 Å². The molecule has 21 heavy (non-hydrogen) atoms. The van der Waals surface area contributed by atoms with Crippen LogP contribution in [-0.2, 0) is 4.74 Å². The average molecular weight is 289 g/mol. The molecule has 1 aromatic rings. The Balaban J connectivity index is 1.30. The molecule has 0 spiro atoms. The van der Waals surface area contributed by atoms with Gasteiger partial charge in [0.1, 0.15) is 5.75 Å². The minimum atomic E-state index is 0.542. The molecule has 3 nitrogen and oxygen atoms in total. The van der Waals surface area contributed by atoms with Crippen molar-refractivity contribution in [3.63, 3.8) is 0 Å². The first-order valence-electron chi connectivity index (χ1n) is 8.34. The van der Waals surface area contributed by atoms with E-state index in [4.69, 9.17) is 9.47 Å². The summed E-state index contributed by atoms with van der Waals surface area (Å²) in [5.41, 5.74) is 1.44. The third-order valence-electron chi connectivity index (χ3n) is 4.92. The zero-order valence-corrected chi connectivity index (χ0v) is 13.0. The van der Waals surface area contributed by atoms with Gasteiger partial charge in [-0.25, -0.2) is 0 Å². The molecule has 2 aliphatic carbocycles. The lowest BCUT2D eigenvalue weighted by molar-refractivity contribution is 0.0571. The molecule has 0 unspecified atom stereocenters. The highest BCUT2D eigenvalue weighted by Crippen LogP contribution is 2.37. The second-order valence-electron chi connectivity index (χ2n) is 6.37. The summed E-state index contributed by atoms with van der Waals surface area (Å²) >= 11 is 0. The van der Waals surface area contributed by atoms with Gasteiger partial charge >= 0.3 is 0 Å². The molecular formula is C18H27NO2. The van der Waals surface area contributed by atoms with Crippen molar-refractivity contribution < 1.29 is 9.47 Å². The molecule has 0 amide bonds. The van der Waals surface area contributed by atoms with E-state index in [1.54, 1.807) is 7.11 Å². The molecule has 3 heteroatoms. The van der Waals surface area contributed by atoms with Gasteiger partial charge in [-0.05, 0) is 49.3 Å². The Kier molecular flexibility index (Phi) is 5.15. The normalized spacial score (nSPS) is 25.8. The van der Waals surface area contributed by atoms with E-state index in [0.717, 1.165) is 18.9 Å². The molecule has 0 bridgehead atoms. The predicted molar refractivity (Wildman–Crippen MR) is 85.0 cm³/mol. The summed E-state index contributed by atoms with van der Waals surface area (Å²) in [5, 5.41) is 3.62. The third kappa shape index (κ3) is 3.98. The standard InChI is InChI=1S/C18H27NO2/c1-20-17-8-6-14(7-9-17)15-12-16(13-15)19-10-11-21-18-4-2-3-5-18/h6-9,15-16,18-19H,2-5,10-13H2,1H3. The second kappa shape index (κ2) is 7.28. The predicted octanol–water partition coefficient (Wildman–Crippen LogP) is 3.49. The van der Waals surface area contributed by atoms with Crippen LogP contribution in [0.4, 0.5) is 0 Å². The van der Waals surface area contributed by atoms with Gasteiger partial charge in [-0.3, -0.25) is 0 Å². The van der Waals surface area contributed by atoms with Gasteiger partial charge in [0, 0.05) is 12.6 Å². The molecule has 0 aliphatic heterocycles. The zero-order valence-electron chi connectivity index (χ0n) is 13.0. The minimum absolute atomic E-state index is 0.542. The van der Waals surface area contributed by atoms with Crippen molar-refractivity contribution in [2.75, 3.05) is 20.3 Å². The Morgan fingerprint density at radius 2 is 1.81 bits per heavy atom. The number of hydrogen-bond acceptors (Lipinski definition) is 3. The lowest BCUT2D eigenvalue weighted by Crippen LogP contribution is -2.41. The van der Waals surface area contributed by atoms with Gasteiger partial charge < -0.3 is 14.8 Å². The van der Waals surface area contributed by atoms with Crippen LogP contribution in [0, 0.1) is 0 Å². The van der Waals surface area contributed by atoms with E-state index < -0.39 is 0 Å². The van der Waals surface area contributed by atoms with E-state index >= 15 is 0 Å². The molecule has 0 atom stereocenters. The molecule has 0 saturated heterocycles. The summed E-state index contributed by atoms with van der Waals surface area (Å²) in [6, 6.07) is 9.19. The largest absolute Gasteiger partial charge is 0.497 e. The minimum Gasteiger partial charge on any atom is -0.497 e. The van der Waals surface area contributed by atoms with Gasteiger partial charge in [0.05, 0.1) is 19.8 Å². The lowest BCUT2D eigenvalue weighted by Gasteiger charge is -2.36. The fourth-order valence-electron chi connectivity index (χ4n) is 3.48. The molecule has 0 aromatic heterocycles. The van der Waals surface area contributed by atoms with E-state index in [1.807, 2.05) is 0 Å². The Morgan fingerprint density at radius 1 is 1.10 bits per heavy atom. The molecule has 3 rings (SSSR count). The Labute approximate surface area is 128 Å². The van der Waals surface area contributed by atoms with Gasteiger partial charge in [-0.2, -0.15) is 0 Å². The van der Waals surface area contributed by atoms with Crippen LogP contribution in [0.25, 0.3) is 0 Å². The first-order chi connectivity index (χ1) is 10.3. The molecule has 116 valence electrons. The second-order valence-corrected chi connectivity index (χ2v) is 6.37. The zero-order chi connectivity index (χ0) is 14.5. The first kappa shape index (κ1) is 14.9. The summed E-state index contributed by atoms with van der Waals surface area (Å²) in [7, 11) is 1.71. The molecular weight excluding hydrogens is 262 g/mol. The van der Waals surface area contributed by atoms with Crippen LogP contribution in [0.2, 0.25) is 0 Å². The lowest BCUT2D eigenvalue weighted by atomic mass is 9.76. The topological polar surface area (TPSA) is 30.5 Å². The summed E-state index contributed by atoms with van der Waals surface area (Å²) in [6.45, 7) is 1.87. The highest BCUT2D eigenvalue weighted by molar-refractivity contribution is 5.30. The molecule has 2 saturated carbocycles. The number of methoxy groups -OCH3 is 1. The van der Waals surface area contributed by atoms with Crippen molar-refractivity contribution in [3.05, 3.63) is 29.8 Å². The van der Waals surface area contributed by atoms with Crippen molar-refractivity contribution in [1.29, 1.82) is 0 Å².